The number of hydrogen-bond donors (Lipinski definition) is 0. The van der Waals surface area contributed by atoms with Crippen molar-refractivity contribution < 1.29 is 24.2 Å². The van der Waals surface area contributed by atoms with E-state index in [9.17, 15) is 0 Å². The molecule has 0 bridgehead atoms. The molecule has 6 rings (SSSR count). The first kappa shape index (κ1) is 21.9. The van der Waals surface area contributed by atoms with Gasteiger partial charge in [0.2, 0.25) is 0 Å². The molecule has 0 aliphatic heterocycles. The van der Waals surface area contributed by atoms with Gasteiger partial charge in [-0.05, 0) is 18.4 Å². The molecule has 2 aliphatic carbocycles. The van der Waals surface area contributed by atoms with Crippen LogP contribution in [0, 0.1) is 13.0 Å². The zero-order valence-electron chi connectivity index (χ0n) is 18.8. The Kier molecular flexibility index (Phi) is 6.61. The summed E-state index contributed by atoms with van der Waals surface area (Å²) in [5, 5.41) is 0. The zero-order valence-corrected chi connectivity index (χ0v) is 21.3. The van der Waals surface area contributed by atoms with Crippen LogP contribution in [0.4, 0.5) is 0 Å². The van der Waals surface area contributed by atoms with Crippen LogP contribution >= 0.6 is 0 Å². The molecular weight excluding hydrogens is 476 g/mol. The van der Waals surface area contributed by atoms with Crippen molar-refractivity contribution in [1.82, 2.24) is 0 Å². The van der Waals surface area contributed by atoms with E-state index in [0.29, 0.717) is 0 Å². The van der Waals surface area contributed by atoms with Gasteiger partial charge in [0.15, 0.2) is 0 Å². The van der Waals surface area contributed by atoms with E-state index >= 15 is 0 Å². The standard InChI is InChI=1S/C19H15.C13H10.Zr/c1-13-10-19-16(11-15-8-4-5-9-17(15)19)12-18(13)14-6-2-3-7-14;1-3-7-12(8-4-1)11-13-9-5-2-6-10-13;/h2-6,8-10H,7,11H2,1H3;1-10H;/q-1;;. The Morgan fingerprint density at radius 1 is 0.788 bits per heavy atom. The number of fused-ring (bicyclic) bond motifs is 3. The molecule has 4 aromatic carbocycles. The third-order valence-electron chi connectivity index (χ3n) is 6.25. The molecule has 0 unspecified atom stereocenters. The quantitative estimate of drug-likeness (QED) is 0.225. The molecule has 0 spiro atoms. The Labute approximate surface area is 211 Å². The molecule has 0 nitrogen and oxygen atoms in total. The summed E-state index contributed by atoms with van der Waals surface area (Å²) in [6.07, 6.45) is 8.64. The third-order valence-corrected chi connectivity index (χ3v) is 7.67. The molecule has 158 valence electrons. The van der Waals surface area contributed by atoms with Crippen LogP contribution in [0.2, 0.25) is 0 Å². The van der Waals surface area contributed by atoms with Gasteiger partial charge < -0.3 is 0 Å². The van der Waals surface area contributed by atoms with Crippen molar-refractivity contribution in [2.75, 3.05) is 0 Å². The second-order valence-electron chi connectivity index (χ2n) is 8.48. The molecule has 0 saturated carbocycles. The van der Waals surface area contributed by atoms with E-state index in [4.69, 9.17) is 0 Å². The maximum atomic E-state index is 3.67. The van der Waals surface area contributed by atoms with Crippen molar-refractivity contribution >= 4 is 8.78 Å². The van der Waals surface area contributed by atoms with Crippen LogP contribution in [0.1, 0.15) is 39.8 Å². The van der Waals surface area contributed by atoms with Crippen LogP contribution < -0.4 is 0 Å². The molecule has 4 aromatic rings. The first-order valence-corrected chi connectivity index (χ1v) is 12.6. The molecule has 0 fully saturated rings. The molecule has 0 saturated heterocycles. The van der Waals surface area contributed by atoms with Crippen LogP contribution in [0.3, 0.4) is 0 Å². The van der Waals surface area contributed by atoms with Crippen molar-refractivity contribution in [3.63, 3.8) is 0 Å². The number of allylic oxidation sites excluding steroid dienone is 4. The first-order chi connectivity index (χ1) is 16.2. The zero-order chi connectivity index (χ0) is 22.6. The fraction of sp³-hybridized carbons (Fsp3) is 0.0938. The van der Waals surface area contributed by atoms with Crippen LogP contribution in [-0.2, 0) is 30.7 Å². The molecule has 1 heteroatoms. The van der Waals surface area contributed by atoms with Crippen LogP contribution in [-0.4, -0.2) is 3.21 Å². The van der Waals surface area contributed by atoms with E-state index in [1.165, 1.54) is 77.5 Å². The van der Waals surface area contributed by atoms with E-state index in [-0.39, 0.29) is 0 Å². The molecule has 0 heterocycles. The van der Waals surface area contributed by atoms with Gasteiger partial charge in [0.05, 0.1) is 0 Å². The van der Waals surface area contributed by atoms with E-state index < -0.39 is 0 Å². The van der Waals surface area contributed by atoms with Crippen LogP contribution in [0.5, 0.6) is 0 Å². The van der Waals surface area contributed by atoms with Gasteiger partial charge >= 0.3 is 99.2 Å². The summed E-state index contributed by atoms with van der Waals surface area (Å²) in [6, 6.07) is 35.8. The summed E-state index contributed by atoms with van der Waals surface area (Å²) < 4.78 is 1.42. The molecule has 0 amide bonds. The summed E-state index contributed by atoms with van der Waals surface area (Å²) >= 11 is 1.46. The minimum atomic E-state index is 1.03. The third kappa shape index (κ3) is 4.75. The van der Waals surface area contributed by atoms with E-state index in [1.54, 1.807) is 0 Å². The topological polar surface area (TPSA) is 0 Å². The second kappa shape index (κ2) is 9.94. The maximum absolute atomic E-state index is 3.67. The molecular formula is C32H25Zr-. The van der Waals surface area contributed by atoms with Gasteiger partial charge in [-0.3, -0.25) is 0 Å². The summed E-state index contributed by atoms with van der Waals surface area (Å²) in [5.41, 5.74) is 12.3. The Bertz CT molecular complexity index is 1320. The van der Waals surface area contributed by atoms with Crippen molar-refractivity contribution in [2.45, 2.75) is 19.8 Å². The van der Waals surface area contributed by atoms with Gasteiger partial charge in [-0.1, -0.05) is 54.5 Å². The van der Waals surface area contributed by atoms with Gasteiger partial charge in [-0.15, -0.1) is 40.5 Å². The summed E-state index contributed by atoms with van der Waals surface area (Å²) in [7, 11) is 0. The van der Waals surface area contributed by atoms with E-state index in [0.717, 1.165) is 12.8 Å². The van der Waals surface area contributed by atoms with Crippen LogP contribution in [0.25, 0.3) is 16.7 Å². The molecule has 33 heavy (non-hydrogen) atoms. The predicted octanol–water partition coefficient (Wildman–Crippen LogP) is 7.51. The molecule has 2 aliphatic rings. The molecule has 0 atom stereocenters. The van der Waals surface area contributed by atoms with Crippen molar-refractivity contribution in [2.24, 2.45) is 0 Å². The van der Waals surface area contributed by atoms with E-state index in [1.807, 2.05) is 0 Å². The monoisotopic (exact) mass is 499 g/mol. The summed E-state index contributed by atoms with van der Waals surface area (Å²) in [5.74, 6) is 0. The van der Waals surface area contributed by atoms with Crippen molar-refractivity contribution in [3.05, 3.63) is 149 Å². The van der Waals surface area contributed by atoms with Crippen molar-refractivity contribution in [1.29, 1.82) is 0 Å². The summed E-state index contributed by atoms with van der Waals surface area (Å²) in [6.45, 7) is 2.20. The Balaban J connectivity index is 0.000000146. The number of aryl methyl sites for hydroxylation is 1. The average Bonchev–Trinajstić information content (AvgIpc) is 3.53. The van der Waals surface area contributed by atoms with Crippen molar-refractivity contribution in [3.8, 4) is 11.1 Å². The fourth-order valence-corrected chi connectivity index (χ4v) is 5.36. The van der Waals surface area contributed by atoms with Gasteiger partial charge in [-0.2, -0.15) is 0 Å². The predicted molar refractivity (Wildman–Crippen MR) is 136 cm³/mol. The van der Waals surface area contributed by atoms with Crippen LogP contribution in [0.15, 0.2) is 109 Å². The van der Waals surface area contributed by atoms with Gasteiger partial charge in [0.25, 0.3) is 0 Å². The Morgan fingerprint density at radius 2 is 1.42 bits per heavy atom. The van der Waals surface area contributed by atoms with Gasteiger partial charge in [-0.25, -0.2) is 0 Å². The normalized spacial score (nSPS) is 12.9. The molecule has 0 N–H and O–H groups in total. The molecule has 0 aromatic heterocycles. The number of rotatable bonds is 3. The number of hydrogen-bond acceptors (Lipinski definition) is 0. The van der Waals surface area contributed by atoms with Gasteiger partial charge in [0, 0.05) is 0 Å². The Hall–Kier alpha value is -2.89. The number of benzene rings is 4. The fourth-order valence-electron chi connectivity index (χ4n) is 4.54. The molecule has 0 radical (unpaired) electrons. The average molecular weight is 501 g/mol. The van der Waals surface area contributed by atoms with E-state index in [2.05, 4.69) is 122 Å². The SMILES string of the molecule is Cc1cc2c([c-]c1C1=CC=CC1)Cc1ccccc1-2.[Zr]=[C](c1ccccc1)c1ccccc1. The van der Waals surface area contributed by atoms with Gasteiger partial charge in [0.1, 0.15) is 0 Å². The summed E-state index contributed by atoms with van der Waals surface area (Å²) in [4.78, 5) is 0. The first-order valence-electron chi connectivity index (χ1n) is 11.4. The minimum absolute atomic E-state index is 1.03. The second-order valence-corrected chi connectivity index (χ2v) is 9.71. The Morgan fingerprint density at radius 3 is 2.06 bits per heavy atom.